The van der Waals surface area contributed by atoms with Gasteiger partial charge in [-0.25, -0.2) is 9.78 Å². The molecule has 2 heterocycles. The highest BCUT2D eigenvalue weighted by molar-refractivity contribution is 9.09. The Morgan fingerprint density at radius 1 is 1.46 bits per heavy atom. The summed E-state index contributed by atoms with van der Waals surface area (Å²) in [6.07, 6.45) is 3.85. The first-order valence-electron chi connectivity index (χ1n) is 6.91. The number of carbonyl (C=O) groups is 1. The maximum atomic E-state index is 12.4. The van der Waals surface area contributed by atoms with Gasteiger partial charge in [-0.15, -0.1) is 0 Å². The van der Waals surface area contributed by atoms with Crippen LogP contribution in [0.5, 0.6) is 0 Å². The molecular formula is C14H15BrN2O6S. The van der Waals surface area contributed by atoms with E-state index in [0.717, 1.165) is 6.26 Å². The number of H-pyrrole nitrogens is 1. The van der Waals surface area contributed by atoms with Gasteiger partial charge in [0.25, 0.3) is 10.1 Å². The van der Waals surface area contributed by atoms with Crippen molar-refractivity contribution in [3.8, 4) is 0 Å². The zero-order valence-corrected chi connectivity index (χ0v) is 15.3. The Hall–Kier alpha value is -1.78. The fourth-order valence-electron chi connectivity index (χ4n) is 2.03. The molecule has 2 aromatic heterocycles. The quantitative estimate of drug-likeness (QED) is 0.427. The summed E-state index contributed by atoms with van der Waals surface area (Å²) < 4.78 is 31.8. The molecule has 2 aromatic rings. The van der Waals surface area contributed by atoms with Crippen molar-refractivity contribution in [2.45, 2.75) is 18.4 Å². The van der Waals surface area contributed by atoms with Crippen LogP contribution in [-0.4, -0.2) is 42.2 Å². The number of fused-ring (bicyclic) bond motifs is 1. The molecule has 1 unspecified atom stereocenters. The van der Waals surface area contributed by atoms with Gasteiger partial charge in [0.15, 0.2) is 0 Å². The van der Waals surface area contributed by atoms with Gasteiger partial charge < -0.3 is 9.72 Å². The predicted octanol–water partition coefficient (Wildman–Crippen LogP) is 1.34. The van der Waals surface area contributed by atoms with Crippen LogP contribution in [0.1, 0.15) is 22.8 Å². The van der Waals surface area contributed by atoms with Crippen molar-refractivity contribution in [3.05, 3.63) is 39.8 Å². The van der Waals surface area contributed by atoms with E-state index in [9.17, 15) is 18.0 Å². The molecule has 0 radical (unpaired) electrons. The molecule has 0 saturated carbocycles. The molecule has 24 heavy (non-hydrogen) atoms. The highest BCUT2D eigenvalue weighted by Gasteiger charge is 2.17. The summed E-state index contributed by atoms with van der Waals surface area (Å²) in [6.45, 7) is 1.80. The maximum absolute atomic E-state index is 12.4. The molecule has 1 N–H and O–H groups in total. The van der Waals surface area contributed by atoms with Crippen molar-refractivity contribution in [2.24, 2.45) is 0 Å². The molecule has 1 atom stereocenters. The first kappa shape index (κ1) is 18.6. The number of aromatic nitrogens is 2. The summed E-state index contributed by atoms with van der Waals surface area (Å²) in [5.41, 5.74) is 0.254. The van der Waals surface area contributed by atoms with Crippen molar-refractivity contribution in [1.82, 2.24) is 9.97 Å². The van der Waals surface area contributed by atoms with Crippen molar-refractivity contribution in [2.75, 3.05) is 12.9 Å². The number of hydrogen-bond donors (Lipinski definition) is 1. The predicted molar refractivity (Wildman–Crippen MR) is 90.7 cm³/mol. The van der Waals surface area contributed by atoms with Crippen LogP contribution in [0.3, 0.4) is 0 Å². The number of alkyl halides is 1. The van der Waals surface area contributed by atoms with E-state index in [1.54, 1.807) is 6.92 Å². The molecule has 0 amide bonds. The Morgan fingerprint density at radius 2 is 2.17 bits per heavy atom. The van der Waals surface area contributed by atoms with E-state index in [-0.39, 0.29) is 24.0 Å². The normalized spacial score (nSPS) is 13.0. The van der Waals surface area contributed by atoms with Gasteiger partial charge in [0.05, 0.1) is 18.2 Å². The van der Waals surface area contributed by atoms with Crippen molar-refractivity contribution in [1.29, 1.82) is 0 Å². The first-order valence-corrected chi connectivity index (χ1v) is 9.64. The van der Waals surface area contributed by atoms with Crippen LogP contribution in [0.25, 0.3) is 11.0 Å². The minimum atomic E-state index is -3.61. The third-order valence-corrected chi connectivity index (χ3v) is 4.30. The van der Waals surface area contributed by atoms with Crippen LogP contribution in [-0.2, 0) is 25.5 Å². The number of hydrogen-bond acceptors (Lipinski definition) is 7. The van der Waals surface area contributed by atoms with E-state index in [1.165, 1.54) is 18.5 Å². The van der Waals surface area contributed by atoms with Gasteiger partial charge in [-0.1, -0.05) is 15.9 Å². The van der Waals surface area contributed by atoms with Crippen molar-refractivity contribution < 1.29 is 22.1 Å². The molecule has 0 aromatic carbocycles. The van der Waals surface area contributed by atoms with Gasteiger partial charge in [-0.3, -0.25) is 8.98 Å². The van der Waals surface area contributed by atoms with Gasteiger partial charge in [0.1, 0.15) is 16.2 Å². The SMILES string of the molecule is CCOC(=O)c1c[nH]c2ncc(CC(Br)OS(C)(=O)=O)cc2c1=O. The van der Waals surface area contributed by atoms with Gasteiger partial charge in [-0.05, 0) is 18.6 Å². The minimum Gasteiger partial charge on any atom is -0.462 e. The van der Waals surface area contributed by atoms with Gasteiger partial charge in [0.2, 0.25) is 5.43 Å². The average Bonchev–Trinajstić information content (AvgIpc) is 2.46. The highest BCUT2D eigenvalue weighted by atomic mass is 79.9. The maximum Gasteiger partial charge on any atom is 0.343 e. The Labute approximate surface area is 146 Å². The Kier molecular flexibility index (Phi) is 5.73. The number of halogens is 1. The summed E-state index contributed by atoms with van der Waals surface area (Å²) in [5, 5.41) is -0.587. The number of pyridine rings is 2. The Morgan fingerprint density at radius 3 is 2.79 bits per heavy atom. The lowest BCUT2D eigenvalue weighted by molar-refractivity contribution is 0.0524. The number of carbonyl (C=O) groups excluding carboxylic acids is 1. The Balaban J connectivity index is 2.37. The summed E-state index contributed by atoms with van der Waals surface area (Å²) in [4.78, 5) is 31.1. The minimum absolute atomic E-state index is 0.119. The molecule has 8 nitrogen and oxygen atoms in total. The molecule has 10 heteroatoms. The summed E-state index contributed by atoms with van der Waals surface area (Å²) in [7, 11) is -3.61. The van der Waals surface area contributed by atoms with Crippen LogP contribution < -0.4 is 5.43 Å². The van der Waals surface area contributed by atoms with E-state index in [2.05, 4.69) is 25.9 Å². The largest absolute Gasteiger partial charge is 0.462 e. The molecule has 0 saturated heterocycles. The second-order valence-corrected chi connectivity index (χ2v) is 7.53. The zero-order valence-electron chi connectivity index (χ0n) is 12.9. The number of aromatic amines is 1. The van der Waals surface area contributed by atoms with Crippen LogP contribution >= 0.6 is 15.9 Å². The lowest BCUT2D eigenvalue weighted by Gasteiger charge is -2.10. The molecule has 0 aliphatic carbocycles. The second-order valence-electron chi connectivity index (χ2n) is 4.91. The lowest BCUT2D eigenvalue weighted by atomic mass is 10.1. The second kappa shape index (κ2) is 7.41. The monoisotopic (exact) mass is 418 g/mol. The van der Waals surface area contributed by atoms with E-state index in [1.807, 2.05) is 0 Å². The summed E-state index contributed by atoms with van der Waals surface area (Å²) in [6, 6.07) is 1.53. The van der Waals surface area contributed by atoms with Crippen LogP contribution in [0, 0.1) is 0 Å². The zero-order chi connectivity index (χ0) is 17.9. The van der Waals surface area contributed by atoms with Gasteiger partial charge in [-0.2, -0.15) is 8.42 Å². The van der Waals surface area contributed by atoms with Crippen LogP contribution in [0.2, 0.25) is 0 Å². The van der Waals surface area contributed by atoms with E-state index >= 15 is 0 Å². The van der Waals surface area contributed by atoms with Gasteiger partial charge in [0, 0.05) is 18.8 Å². The highest BCUT2D eigenvalue weighted by Crippen LogP contribution is 2.15. The topological polar surface area (TPSA) is 115 Å². The summed E-state index contributed by atoms with van der Waals surface area (Å²) in [5.74, 6) is -0.718. The Bertz CT molecular complexity index is 924. The number of rotatable bonds is 6. The fraction of sp³-hybridized carbons (Fsp3) is 0.357. The van der Waals surface area contributed by atoms with Crippen molar-refractivity contribution >= 4 is 43.1 Å². The first-order chi connectivity index (χ1) is 11.2. The fourth-order valence-corrected chi connectivity index (χ4v) is 3.68. The lowest BCUT2D eigenvalue weighted by Crippen LogP contribution is -2.19. The third-order valence-electron chi connectivity index (χ3n) is 2.96. The smallest absolute Gasteiger partial charge is 0.343 e. The van der Waals surface area contributed by atoms with E-state index in [0.29, 0.717) is 11.2 Å². The molecule has 0 bridgehead atoms. The van der Waals surface area contributed by atoms with E-state index < -0.39 is 26.5 Å². The van der Waals surface area contributed by atoms with E-state index in [4.69, 9.17) is 8.92 Å². The number of esters is 1. The van der Waals surface area contributed by atoms with Gasteiger partial charge >= 0.3 is 5.97 Å². The molecule has 0 aliphatic rings. The number of ether oxygens (including phenoxy) is 1. The molecule has 0 fully saturated rings. The molecule has 0 aliphatic heterocycles. The number of nitrogens with zero attached hydrogens (tertiary/aromatic N) is 1. The molecule has 2 rings (SSSR count). The molecule has 0 spiro atoms. The molecule has 130 valence electrons. The molecular weight excluding hydrogens is 404 g/mol. The standard InChI is InChI=1S/C14H15BrN2O6S/c1-3-22-14(19)10-7-17-13-9(12(10)18)4-8(6-16-13)5-11(15)23-24(2,20)21/h4,6-7,11H,3,5H2,1-2H3,(H,16,17,18). The van der Waals surface area contributed by atoms with Crippen LogP contribution in [0.4, 0.5) is 0 Å². The summed E-state index contributed by atoms with van der Waals surface area (Å²) >= 11 is 3.10. The van der Waals surface area contributed by atoms with Crippen LogP contribution in [0.15, 0.2) is 23.3 Å². The average molecular weight is 419 g/mol. The third kappa shape index (κ3) is 4.62. The van der Waals surface area contributed by atoms with Crippen molar-refractivity contribution in [3.63, 3.8) is 0 Å². The number of nitrogens with one attached hydrogen (secondary N) is 1.